The first kappa shape index (κ1) is 22.7. The second-order valence-corrected chi connectivity index (χ2v) is 7.86. The van der Waals surface area contributed by atoms with Crippen LogP contribution in [-0.4, -0.2) is 60.1 Å². The van der Waals surface area contributed by atoms with E-state index in [9.17, 15) is 4.79 Å². The van der Waals surface area contributed by atoms with Gasteiger partial charge in [0.2, 0.25) is 0 Å². The zero-order valence-electron chi connectivity index (χ0n) is 18.7. The number of nitrogens with one attached hydrogen (secondary N) is 2. The maximum absolute atomic E-state index is 12.8. The molecule has 0 saturated carbocycles. The number of morpholine rings is 1. The molecule has 0 radical (unpaired) electrons. The molecular weight excluding hydrogens is 390 g/mol. The highest BCUT2D eigenvalue weighted by atomic mass is 16.5. The summed E-state index contributed by atoms with van der Waals surface area (Å²) in [4.78, 5) is 23.7. The van der Waals surface area contributed by atoms with Crippen molar-refractivity contribution in [3.05, 3.63) is 65.5 Å². The van der Waals surface area contributed by atoms with E-state index in [4.69, 9.17) is 4.74 Å². The van der Waals surface area contributed by atoms with Crippen LogP contribution in [0.4, 0.5) is 0 Å². The molecule has 1 aromatic heterocycles. The Labute approximate surface area is 184 Å². The van der Waals surface area contributed by atoms with Crippen LogP contribution in [0.1, 0.15) is 42.4 Å². The van der Waals surface area contributed by atoms with Crippen molar-refractivity contribution in [3.63, 3.8) is 0 Å². The Hall–Kier alpha value is -2.93. The molecule has 0 aliphatic carbocycles. The molecule has 0 spiro atoms. The summed E-state index contributed by atoms with van der Waals surface area (Å²) >= 11 is 0. The average molecular weight is 424 g/mol. The van der Waals surface area contributed by atoms with Crippen LogP contribution in [0.25, 0.3) is 0 Å². The summed E-state index contributed by atoms with van der Waals surface area (Å²) < 4.78 is 5.72. The number of guanidine groups is 1. The number of ether oxygens (including phenoxy) is 1. The largest absolute Gasteiger partial charge is 0.372 e. The van der Waals surface area contributed by atoms with E-state index in [0.717, 1.165) is 36.7 Å². The molecule has 2 atom stereocenters. The van der Waals surface area contributed by atoms with Crippen LogP contribution < -0.4 is 10.6 Å². The van der Waals surface area contributed by atoms with Crippen molar-refractivity contribution in [1.29, 1.82) is 0 Å². The smallest absolute Gasteiger partial charge is 0.254 e. The van der Waals surface area contributed by atoms with Gasteiger partial charge in [-0.15, -0.1) is 0 Å². The minimum Gasteiger partial charge on any atom is -0.372 e. The van der Waals surface area contributed by atoms with Crippen LogP contribution >= 0.6 is 0 Å². The van der Waals surface area contributed by atoms with Crippen LogP contribution in [0.15, 0.2) is 53.7 Å². The van der Waals surface area contributed by atoms with Crippen LogP contribution in [0.3, 0.4) is 0 Å². The number of hydrogen-bond donors (Lipinski definition) is 2. The van der Waals surface area contributed by atoms with Gasteiger partial charge in [0.25, 0.3) is 5.91 Å². The molecule has 7 heteroatoms. The fourth-order valence-corrected chi connectivity index (χ4v) is 3.65. The lowest BCUT2D eigenvalue weighted by atomic mass is 10.1. The normalized spacial score (nSPS) is 19.2. The Morgan fingerprint density at radius 3 is 2.52 bits per heavy atom. The third kappa shape index (κ3) is 7.07. The summed E-state index contributed by atoms with van der Waals surface area (Å²) in [6, 6.07) is 13.7. The van der Waals surface area contributed by atoms with E-state index in [1.165, 1.54) is 0 Å². The lowest BCUT2D eigenvalue weighted by Gasteiger charge is -2.35. The van der Waals surface area contributed by atoms with Gasteiger partial charge < -0.3 is 20.3 Å². The number of aliphatic imine (C=N–C) groups is 1. The van der Waals surface area contributed by atoms with E-state index in [1.54, 1.807) is 0 Å². The number of carbonyl (C=O) groups is 1. The van der Waals surface area contributed by atoms with Gasteiger partial charge in [-0.2, -0.15) is 0 Å². The average Bonchev–Trinajstić information content (AvgIpc) is 2.77. The highest BCUT2D eigenvalue weighted by Crippen LogP contribution is 2.15. The van der Waals surface area contributed by atoms with Gasteiger partial charge in [0.05, 0.1) is 18.8 Å². The summed E-state index contributed by atoms with van der Waals surface area (Å²) in [6.07, 6.45) is 2.77. The van der Waals surface area contributed by atoms with Crippen LogP contribution in [0.5, 0.6) is 0 Å². The number of pyridine rings is 1. The van der Waals surface area contributed by atoms with E-state index in [1.807, 2.05) is 74.3 Å². The lowest BCUT2D eigenvalue weighted by molar-refractivity contribution is -0.0586. The third-order valence-electron chi connectivity index (χ3n) is 5.07. The van der Waals surface area contributed by atoms with Crippen molar-refractivity contribution in [2.75, 3.05) is 26.2 Å². The minimum absolute atomic E-state index is 0.0570. The van der Waals surface area contributed by atoms with Crippen molar-refractivity contribution in [2.24, 2.45) is 4.99 Å². The van der Waals surface area contributed by atoms with Crippen LogP contribution in [0.2, 0.25) is 0 Å². The summed E-state index contributed by atoms with van der Waals surface area (Å²) in [5.74, 6) is 0.830. The molecule has 1 aliphatic heterocycles. The first-order valence-electron chi connectivity index (χ1n) is 11.0. The number of rotatable bonds is 7. The Kier molecular flexibility index (Phi) is 8.41. The molecule has 166 valence electrons. The fourth-order valence-electron chi connectivity index (χ4n) is 3.65. The topological polar surface area (TPSA) is 78.9 Å². The van der Waals surface area contributed by atoms with E-state index in [0.29, 0.717) is 25.2 Å². The molecule has 1 saturated heterocycles. The maximum atomic E-state index is 12.8. The van der Waals surface area contributed by atoms with Crippen molar-refractivity contribution in [3.8, 4) is 0 Å². The SMILES string of the molecule is CCNC(=NCc1ccc(C(=O)N2CC(C)OC(C)C2)cc1)NCCc1ccccn1. The van der Waals surface area contributed by atoms with Crippen molar-refractivity contribution < 1.29 is 9.53 Å². The van der Waals surface area contributed by atoms with E-state index in [2.05, 4.69) is 20.6 Å². The molecule has 2 aromatic rings. The minimum atomic E-state index is 0.0570. The standard InChI is InChI=1S/C24H33N5O2/c1-4-25-24(27-14-12-22-7-5-6-13-26-22)28-15-20-8-10-21(11-9-20)23(30)29-16-18(2)31-19(3)17-29/h5-11,13,18-19H,4,12,14-17H2,1-3H3,(H2,25,27,28). The highest BCUT2D eigenvalue weighted by Gasteiger charge is 2.26. The predicted octanol–water partition coefficient (Wildman–Crippen LogP) is 2.63. The molecule has 0 bridgehead atoms. The first-order chi connectivity index (χ1) is 15.0. The van der Waals surface area contributed by atoms with Crippen molar-refractivity contribution in [1.82, 2.24) is 20.5 Å². The molecule has 1 aliphatic rings. The second-order valence-electron chi connectivity index (χ2n) is 7.86. The van der Waals surface area contributed by atoms with Crippen LogP contribution in [-0.2, 0) is 17.7 Å². The van der Waals surface area contributed by atoms with Gasteiger partial charge in [0.1, 0.15) is 0 Å². The quantitative estimate of drug-likeness (QED) is 0.529. The van der Waals surface area contributed by atoms with Gasteiger partial charge in [-0.1, -0.05) is 18.2 Å². The number of aromatic nitrogens is 1. The molecule has 2 unspecified atom stereocenters. The van der Waals surface area contributed by atoms with Gasteiger partial charge >= 0.3 is 0 Å². The maximum Gasteiger partial charge on any atom is 0.254 e. The van der Waals surface area contributed by atoms with E-state index < -0.39 is 0 Å². The predicted molar refractivity (Wildman–Crippen MR) is 123 cm³/mol. The summed E-state index contributed by atoms with van der Waals surface area (Å²) in [5, 5.41) is 6.61. The van der Waals surface area contributed by atoms with E-state index >= 15 is 0 Å². The van der Waals surface area contributed by atoms with Gasteiger partial charge in [0, 0.05) is 50.1 Å². The number of benzene rings is 1. The number of hydrogen-bond acceptors (Lipinski definition) is 4. The number of amides is 1. The Morgan fingerprint density at radius 2 is 1.87 bits per heavy atom. The molecule has 1 fully saturated rings. The molecule has 31 heavy (non-hydrogen) atoms. The number of nitrogens with zero attached hydrogens (tertiary/aromatic N) is 3. The fraction of sp³-hybridized carbons (Fsp3) is 0.458. The van der Waals surface area contributed by atoms with E-state index in [-0.39, 0.29) is 18.1 Å². The van der Waals surface area contributed by atoms with Gasteiger partial charge in [-0.25, -0.2) is 4.99 Å². The van der Waals surface area contributed by atoms with Gasteiger partial charge in [0.15, 0.2) is 5.96 Å². The lowest BCUT2D eigenvalue weighted by Crippen LogP contribution is -2.48. The Morgan fingerprint density at radius 1 is 1.13 bits per heavy atom. The van der Waals surface area contributed by atoms with Crippen LogP contribution in [0, 0.1) is 0 Å². The molecule has 2 heterocycles. The van der Waals surface area contributed by atoms with Gasteiger partial charge in [-0.3, -0.25) is 9.78 Å². The Bertz CT molecular complexity index is 844. The zero-order chi connectivity index (χ0) is 22.1. The molecular formula is C24H33N5O2. The van der Waals surface area contributed by atoms with Gasteiger partial charge in [-0.05, 0) is 50.6 Å². The van der Waals surface area contributed by atoms with Crippen molar-refractivity contribution in [2.45, 2.75) is 45.9 Å². The summed E-state index contributed by atoms with van der Waals surface area (Å²) in [7, 11) is 0. The zero-order valence-corrected chi connectivity index (χ0v) is 18.7. The Balaban J connectivity index is 1.54. The number of carbonyl (C=O) groups excluding carboxylic acids is 1. The third-order valence-corrected chi connectivity index (χ3v) is 5.07. The first-order valence-corrected chi connectivity index (χ1v) is 11.0. The molecule has 1 amide bonds. The second kappa shape index (κ2) is 11.5. The molecule has 7 nitrogen and oxygen atoms in total. The molecule has 3 rings (SSSR count). The monoisotopic (exact) mass is 423 g/mol. The summed E-state index contributed by atoms with van der Waals surface area (Å²) in [6.45, 7) is 9.40. The molecule has 2 N–H and O–H groups in total. The summed E-state index contributed by atoms with van der Waals surface area (Å²) in [5.41, 5.74) is 2.81. The molecule has 1 aromatic carbocycles. The van der Waals surface area contributed by atoms with Crippen molar-refractivity contribution >= 4 is 11.9 Å². The highest BCUT2D eigenvalue weighted by molar-refractivity contribution is 5.94.